The van der Waals surface area contributed by atoms with Crippen molar-refractivity contribution in [1.29, 1.82) is 0 Å². The second-order valence-corrected chi connectivity index (χ2v) is 16.0. The average molecular weight is 772 g/mol. The first-order valence-corrected chi connectivity index (χ1v) is 20.6. The molecule has 0 saturated heterocycles. The number of rotatable bonds is 6. The smallest absolute Gasteiger partial charge is 0.174 e. The van der Waals surface area contributed by atoms with E-state index in [2.05, 4.69) is 203 Å². The number of hydrogen-bond donors (Lipinski definition) is 0. The predicted octanol–water partition coefficient (Wildman–Crippen LogP) is 13.9. The van der Waals surface area contributed by atoms with E-state index in [1.54, 1.807) is 11.3 Å². The Balaban J connectivity index is 1.14. The van der Waals surface area contributed by atoms with Gasteiger partial charge in [0.2, 0.25) is 0 Å². The van der Waals surface area contributed by atoms with Gasteiger partial charge in [-0.1, -0.05) is 146 Å². The molecule has 0 aliphatic carbocycles. The second-order valence-electron chi connectivity index (χ2n) is 14.9. The maximum absolute atomic E-state index is 5.32. The first-order valence-electron chi connectivity index (χ1n) is 19.8. The van der Waals surface area contributed by atoms with Crippen molar-refractivity contribution in [2.75, 3.05) is 0 Å². The molecule has 0 radical (unpaired) electrons. The minimum Gasteiger partial charge on any atom is -0.309 e. The summed E-state index contributed by atoms with van der Waals surface area (Å²) < 4.78 is 5.95. The highest BCUT2D eigenvalue weighted by molar-refractivity contribution is 7.22. The number of fused-ring (bicyclic) bond motifs is 7. The normalized spacial score (nSPS) is 11.7. The molecule has 12 rings (SSSR count). The van der Waals surface area contributed by atoms with Crippen molar-refractivity contribution in [1.82, 2.24) is 24.1 Å². The van der Waals surface area contributed by atoms with Crippen molar-refractivity contribution < 1.29 is 0 Å². The van der Waals surface area contributed by atoms with E-state index >= 15 is 0 Å². The summed E-state index contributed by atoms with van der Waals surface area (Å²) >= 11 is 1.70. The number of nitrogens with zero attached hydrogens (tertiary/aromatic N) is 5. The zero-order valence-electron chi connectivity index (χ0n) is 31.7. The third-order valence-electron chi connectivity index (χ3n) is 11.4. The van der Waals surface area contributed by atoms with Crippen LogP contribution in [0.2, 0.25) is 0 Å². The summed E-state index contributed by atoms with van der Waals surface area (Å²) in [7, 11) is 0. The van der Waals surface area contributed by atoms with Gasteiger partial charge in [-0.05, 0) is 71.1 Å². The lowest BCUT2D eigenvalue weighted by atomic mass is 10.0. The molecule has 0 spiro atoms. The molecule has 0 fully saturated rings. The number of hydrogen-bond acceptors (Lipinski definition) is 4. The lowest BCUT2D eigenvalue weighted by Crippen LogP contribution is -2.03. The standard InChI is InChI=1S/C53H33N5S/c1-2-14-34(15-3-1)35-26-28-36(29-27-35)51-54-52(56-53(55-51)50-32-37-16-4-13-25-49(37)59-50)38-30-39(57-45-21-9-5-17-41(45)42-18-6-10-22-46(42)57)33-40(31-38)58-47-23-11-7-19-43(47)44-20-8-12-24-48(44)58/h1-33H. The maximum Gasteiger partial charge on any atom is 0.174 e. The van der Waals surface area contributed by atoms with E-state index in [9.17, 15) is 0 Å². The van der Waals surface area contributed by atoms with Gasteiger partial charge in [0.05, 0.1) is 26.9 Å². The van der Waals surface area contributed by atoms with Crippen LogP contribution < -0.4 is 0 Å². The van der Waals surface area contributed by atoms with E-state index in [1.165, 1.54) is 37.2 Å². The van der Waals surface area contributed by atoms with Gasteiger partial charge in [0, 0.05) is 48.7 Å². The van der Waals surface area contributed by atoms with Crippen LogP contribution in [0.4, 0.5) is 0 Å². The van der Waals surface area contributed by atoms with Crippen molar-refractivity contribution in [2.45, 2.75) is 0 Å². The molecular formula is C53H33N5S. The van der Waals surface area contributed by atoms with Crippen LogP contribution >= 0.6 is 11.3 Å². The molecule has 0 N–H and O–H groups in total. The van der Waals surface area contributed by atoms with Crippen LogP contribution in [-0.2, 0) is 0 Å². The largest absolute Gasteiger partial charge is 0.309 e. The fourth-order valence-electron chi connectivity index (χ4n) is 8.66. The van der Waals surface area contributed by atoms with Gasteiger partial charge >= 0.3 is 0 Å². The molecule has 0 unspecified atom stereocenters. The minimum absolute atomic E-state index is 0.610. The fraction of sp³-hybridized carbons (Fsp3) is 0. The van der Waals surface area contributed by atoms with Crippen LogP contribution in [0.15, 0.2) is 200 Å². The molecule has 12 aromatic rings. The third kappa shape index (κ3) is 5.57. The summed E-state index contributed by atoms with van der Waals surface area (Å²) in [5.41, 5.74) is 10.7. The van der Waals surface area contributed by atoms with Crippen LogP contribution in [0.1, 0.15) is 0 Å². The highest BCUT2D eigenvalue weighted by Gasteiger charge is 2.20. The third-order valence-corrected chi connectivity index (χ3v) is 12.5. The molecule has 0 saturated carbocycles. The Morgan fingerprint density at radius 1 is 0.322 bits per heavy atom. The fourth-order valence-corrected chi connectivity index (χ4v) is 9.66. The van der Waals surface area contributed by atoms with Gasteiger partial charge in [0.25, 0.3) is 0 Å². The molecule has 0 bridgehead atoms. The number of thiophene rings is 1. The molecule has 6 heteroatoms. The van der Waals surface area contributed by atoms with Crippen molar-refractivity contribution in [2.24, 2.45) is 0 Å². The van der Waals surface area contributed by atoms with Gasteiger partial charge in [0.15, 0.2) is 17.5 Å². The van der Waals surface area contributed by atoms with Crippen LogP contribution in [-0.4, -0.2) is 24.1 Å². The van der Waals surface area contributed by atoms with Crippen molar-refractivity contribution in [3.8, 4) is 56.0 Å². The van der Waals surface area contributed by atoms with Crippen molar-refractivity contribution in [3.63, 3.8) is 0 Å². The average Bonchev–Trinajstić information content (AvgIpc) is 4.00. The van der Waals surface area contributed by atoms with Gasteiger partial charge in [-0.2, -0.15) is 0 Å². The minimum atomic E-state index is 0.610. The van der Waals surface area contributed by atoms with E-state index in [-0.39, 0.29) is 0 Å². The summed E-state index contributed by atoms with van der Waals surface area (Å²) in [4.78, 5) is 16.8. The summed E-state index contributed by atoms with van der Waals surface area (Å²) in [6.45, 7) is 0. The van der Waals surface area contributed by atoms with Gasteiger partial charge in [-0.25, -0.2) is 15.0 Å². The van der Waals surface area contributed by atoms with E-state index < -0.39 is 0 Å². The van der Waals surface area contributed by atoms with E-state index in [0.717, 1.165) is 55.0 Å². The molecular weight excluding hydrogens is 739 g/mol. The molecule has 0 atom stereocenters. The predicted molar refractivity (Wildman–Crippen MR) is 246 cm³/mol. The van der Waals surface area contributed by atoms with E-state index in [0.29, 0.717) is 17.5 Å². The van der Waals surface area contributed by atoms with Crippen LogP contribution in [0, 0.1) is 0 Å². The molecule has 0 amide bonds. The summed E-state index contributed by atoms with van der Waals surface area (Å²) in [5, 5.41) is 6.01. The number of aromatic nitrogens is 5. The monoisotopic (exact) mass is 771 g/mol. The Morgan fingerprint density at radius 3 is 1.29 bits per heavy atom. The Kier molecular flexibility index (Phi) is 7.64. The Bertz CT molecular complexity index is 3290. The zero-order chi connectivity index (χ0) is 38.9. The van der Waals surface area contributed by atoms with Gasteiger partial charge in [0.1, 0.15) is 0 Å². The molecule has 59 heavy (non-hydrogen) atoms. The van der Waals surface area contributed by atoms with Gasteiger partial charge in [-0.15, -0.1) is 11.3 Å². The molecule has 0 aliphatic rings. The quantitative estimate of drug-likeness (QED) is 0.169. The first kappa shape index (κ1) is 33.5. The number of para-hydroxylation sites is 4. The highest BCUT2D eigenvalue weighted by atomic mass is 32.1. The van der Waals surface area contributed by atoms with Crippen molar-refractivity contribution >= 4 is 65.0 Å². The van der Waals surface area contributed by atoms with E-state index in [4.69, 9.17) is 15.0 Å². The second kappa shape index (κ2) is 13.5. The molecule has 0 aliphatic heterocycles. The lowest BCUT2D eigenvalue weighted by Gasteiger charge is -2.16. The molecule has 4 heterocycles. The van der Waals surface area contributed by atoms with Gasteiger partial charge < -0.3 is 9.13 Å². The summed E-state index contributed by atoms with van der Waals surface area (Å²) in [5.74, 6) is 1.89. The van der Waals surface area contributed by atoms with E-state index in [1.807, 2.05) is 6.07 Å². The highest BCUT2D eigenvalue weighted by Crippen LogP contribution is 2.39. The Labute approximate surface area is 343 Å². The Morgan fingerprint density at radius 2 is 0.746 bits per heavy atom. The summed E-state index contributed by atoms with van der Waals surface area (Å²) in [6.07, 6.45) is 0. The van der Waals surface area contributed by atoms with Crippen LogP contribution in [0.25, 0.3) is 110 Å². The van der Waals surface area contributed by atoms with Crippen LogP contribution in [0.3, 0.4) is 0 Å². The topological polar surface area (TPSA) is 48.5 Å². The van der Waals surface area contributed by atoms with Crippen molar-refractivity contribution in [3.05, 3.63) is 200 Å². The molecule has 5 nitrogen and oxygen atoms in total. The van der Waals surface area contributed by atoms with Gasteiger partial charge in [-0.3, -0.25) is 0 Å². The molecule has 4 aromatic heterocycles. The number of benzene rings is 8. The first-order chi connectivity index (χ1) is 29.2. The summed E-state index contributed by atoms with van der Waals surface area (Å²) in [6, 6.07) is 71.1. The zero-order valence-corrected chi connectivity index (χ0v) is 32.5. The lowest BCUT2D eigenvalue weighted by molar-refractivity contribution is 1.07. The van der Waals surface area contributed by atoms with Crippen LogP contribution in [0.5, 0.6) is 0 Å². The molecule has 8 aromatic carbocycles. The molecule has 276 valence electrons. The maximum atomic E-state index is 5.32. The SMILES string of the molecule is c1ccc(-c2ccc(-c3nc(-c4cc(-n5c6ccccc6c6ccccc65)cc(-n5c6ccccc6c6ccccc65)c4)nc(-c4cc5ccccc5s4)n3)cc2)cc1. The Hall–Kier alpha value is -7.67.